The highest BCUT2D eigenvalue weighted by atomic mass is 16.6. The van der Waals surface area contributed by atoms with Crippen molar-refractivity contribution in [2.45, 2.75) is 32.8 Å². The maximum Gasteiger partial charge on any atom is 0.343 e. The van der Waals surface area contributed by atoms with Gasteiger partial charge >= 0.3 is 5.97 Å². The maximum absolute atomic E-state index is 12.6. The predicted molar refractivity (Wildman–Crippen MR) is 120 cm³/mol. The number of hydrogen-bond acceptors (Lipinski definition) is 5. The Morgan fingerprint density at radius 3 is 1.90 bits per heavy atom. The summed E-state index contributed by atoms with van der Waals surface area (Å²) in [5.74, 6) is 1.42. The van der Waals surface area contributed by atoms with Gasteiger partial charge in [-0.3, -0.25) is 0 Å². The van der Waals surface area contributed by atoms with Crippen molar-refractivity contribution in [3.63, 3.8) is 0 Å². The van der Waals surface area contributed by atoms with Crippen molar-refractivity contribution in [2.75, 3.05) is 14.2 Å². The molecule has 0 aliphatic rings. The molecule has 0 atom stereocenters. The summed E-state index contributed by atoms with van der Waals surface area (Å²) < 4.78 is 21.9. The van der Waals surface area contributed by atoms with Gasteiger partial charge in [-0.15, -0.1) is 0 Å². The molecular weight excluding hydrogens is 392 g/mol. The first-order valence-corrected chi connectivity index (χ1v) is 10.1. The van der Waals surface area contributed by atoms with Crippen molar-refractivity contribution in [3.8, 4) is 23.0 Å². The maximum atomic E-state index is 12.6. The molecular formula is C26H28O5. The molecule has 0 aromatic heterocycles. The van der Waals surface area contributed by atoms with E-state index in [1.807, 2.05) is 24.3 Å². The van der Waals surface area contributed by atoms with Crippen molar-refractivity contribution < 1.29 is 23.7 Å². The molecule has 0 saturated heterocycles. The Morgan fingerprint density at radius 1 is 0.806 bits per heavy atom. The standard InChI is InChI=1S/C26H28O5/c1-26(2,3)20-13-15-21(16-14-20)30-17-18-9-11-19(12-10-18)25(27)31-24-22(28-4)7-6-8-23(24)29-5/h6-16H,17H2,1-5H3. The fraction of sp³-hybridized carbons (Fsp3) is 0.269. The normalized spacial score (nSPS) is 11.0. The minimum Gasteiger partial charge on any atom is -0.493 e. The highest BCUT2D eigenvalue weighted by Gasteiger charge is 2.17. The largest absolute Gasteiger partial charge is 0.493 e. The molecule has 3 aromatic carbocycles. The Kier molecular flexibility index (Phi) is 6.85. The van der Waals surface area contributed by atoms with Crippen molar-refractivity contribution in [1.82, 2.24) is 0 Å². The van der Waals surface area contributed by atoms with E-state index >= 15 is 0 Å². The van der Waals surface area contributed by atoms with E-state index in [0.29, 0.717) is 23.7 Å². The molecule has 0 spiro atoms. The Hall–Kier alpha value is -3.47. The zero-order valence-electron chi connectivity index (χ0n) is 18.6. The molecule has 0 N–H and O–H groups in total. The lowest BCUT2D eigenvalue weighted by Gasteiger charge is -2.19. The summed E-state index contributed by atoms with van der Waals surface area (Å²) in [4.78, 5) is 12.6. The van der Waals surface area contributed by atoms with Gasteiger partial charge in [-0.25, -0.2) is 4.79 Å². The molecule has 5 nitrogen and oxygen atoms in total. The van der Waals surface area contributed by atoms with E-state index in [-0.39, 0.29) is 11.2 Å². The smallest absolute Gasteiger partial charge is 0.343 e. The van der Waals surface area contributed by atoms with Gasteiger partial charge in [0.05, 0.1) is 19.8 Å². The van der Waals surface area contributed by atoms with Gasteiger partial charge in [0.2, 0.25) is 5.75 Å². The van der Waals surface area contributed by atoms with Crippen LogP contribution in [0.1, 0.15) is 42.3 Å². The third-order valence-electron chi connectivity index (χ3n) is 4.89. The second-order valence-electron chi connectivity index (χ2n) is 8.14. The van der Waals surface area contributed by atoms with Crippen molar-refractivity contribution >= 4 is 5.97 Å². The van der Waals surface area contributed by atoms with Gasteiger partial charge in [0.15, 0.2) is 11.5 Å². The lowest BCUT2D eigenvalue weighted by Crippen LogP contribution is -2.10. The average Bonchev–Trinajstić information content (AvgIpc) is 2.77. The quantitative estimate of drug-likeness (QED) is 0.357. The fourth-order valence-electron chi connectivity index (χ4n) is 3.02. The molecule has 0 saturated carbocycles. The molecule has 5 heteroatoms. The van der Waals surface area contributed by atoms with E-state index < -0.39 is 5.97 Å². The zero-order valence-corrected chi connectivity index (χ0v) is 18.6. The van der Waals surface area contributed by atoms with Gasteiger partial charge in [-0.05, 0) is 52.9 Å². The number of ether oxygens (including phenoxy) is 4. The third-order valence-corrected chi connectivity index (χ3v) is 4.89. The predicted octanol–water partition coefficient (Wildman–Crippen LogP) is 5.80. The van der Waals surface area contributed by atoms with Gasteiger partial charge in [0.25, 0.3) is 0 Å². The molecule has 0 amide bonds. The molecule has 0 heterocycles. The van der Waals surface area contributed by atoms with Gasteiger partial charge in [0, 0.05) is 0 Å². The topological polar surface area (TPSA) is 54.0 Å². The summed E-state index contributed by atoms with van der Waals surface area (Å²) >= 11 is 0. The Morgan fingerprint density at radius 2 is 1.39 bits per heavy atom. The van der Waals surface area contributed by atoms with Crippen LogP contribution in [0.15, 0.2) is 66.7 Å². The molecule has 3 aromatic rings. The van der Waals surface area contributed by atoms with Gasteiger partial charge < -0.3 is 18.9 Å². The van der Waals surface area contributed by atoms with Gasteiger partial charge in [-0.1, -0.05) is 51.1 Å². The molecule has 31 heavy (non-hydrogen) atoms. The Balaban J connectivity index is 1.63. The van der Waals surface area contributed by atoms with Gasteiger partial charge in [-0.2, -0.15) is 0 Å². The number of benzene rings is 3. The second kappa shape index (κ2) is 9.56. The average molecular weight is 421 g/mol. The first kappa shape index (κ1) is 22.2. The summed E-state index contributed by atoms with van der Waals surface area (Å²) in [6.45, 7) is 6.95. The molecule has 0 aliphatic heterocycles. The molecule has 0 bridgehead atoms. The molecule has 0 aliphatic carbocycles. The van der Waals surface area contributed by atoms with E-state index in [2.05, 4.69) is 32.9 Å². The van der Waals surface area contributed by atoms with Gasteiger partial charge in [0.1, 0.15) is 12.4 Å². The molecule has 0 fully saturated rings. The van der Waals surface area contributed by atoms with E-state index in [9.17, 15) is 4.79 Å². The summed E-state index contributed by atoms with van der Waals surface area (Å²) in [5.41, 5.74) is 2.74. The fourth-order valence-corrected chi connectivity index (χ4v) is 3.02. The van der Waals surface area contributed by atoms with Crippen molar-refractivity contribution in [2.24, 2.45) is 0 Å². The van der Waals surface area contributed by atoms with E-state index in [1.54, 1.807) is 30.3 Å². The van der Waals surface area contributed by atoms with Crippen LogP contribution in [0.4, 0.5) is 0 Å². The minimum absolute atomic E-state index is 0.108. The lowest BCUT2D eigenvalue weighted by atomic mass is 9.87. The number of rotatable bonds is 7. The van der Waals surface area contributed by atoms with Crippen LogP contribution in [0.3, 0.4) is 0 Å². The first-order valence-electron chi connectivity index (χ1n) is 10.1. The molecule has 0 radical (unpaired) electrons. The number of para-hydroxylation sites is 1. The SMILES string of the molecule is COc1cccc(OC)c1OC(=O)c1ccc(COc2ccc(C(C)(C)C)cc2)cc1. The minimum atomic E-state index is -0.493. The summed E-state index contributed by atoms with van der Waals surface area (Å²) in [6, 6.07) is 20.4. The lowest BCUT2D eigenvalue weighted by molar-refractivity contribution is 0.0724. The van der Waals surface area contributed by atoms with Crippen LogP contribution in [0.25, 0.3) is 0 Å². The number of carbonyl (C=O) groups is 1. The molecule has 3 rings (SSSR count). The highest BCUT2D eigenvalue weighted by molar-refractivity contribution is 5.91. The second-order valence-corrected chi connectivity index (χ2v) is 8.14. The highest BCUT2D eigenvalue weighted by Crippen LogP contribution is 2.37. The molecule has 162 valence electrons. The van der Waals surface area contributed by atoms with Crippen LogP contribution < -0.4 is 18.9 Å². The van der Waals surface area contributed by atoms with E-state index in [1.165, 1.54) is 19.8 Å². The summed E-state index contributed by atoms with van der Waals surface area (Å²) in [6.07, 6.45) is 0. The number of methoxy groups -OCH3 is 2. The van der Waals surface area contributed by atoms with Crippen LogP contribution in [0.5, 0.6) is 23.0 Å². The third kappa shape index (κ3) is 5.57. The number of carbonyl (C=O) groups excluding carboxylic acids is 1. The van der Waals surface area contributed by atoms with Crippen molar-refractivity contribution in [1.29, 1.82) is 0 Å². The van der Waals surface area contributed by atoms with Crippen LogP contribution in [0.2, 0.25) is 0 Å². The van der Waals surface area contributed by atoms with Crippen LogP contribution >= 0.6 is 0 Å². The van der Waals surface area contributed by atoms with Crippen LogP contribution in [-0.4, -0.2) is 20.2 Å². The Labute approximate surface area is 183 Å². The Bertz CT molecular complexity index is 993. The summed E-state index contributed by atoms with van der Waals surface area (Å²) in [7, 11) is 3.02. The zero-order chi connectivity index (χ0) is 22.4. The van der Waals surface area contributed by atoms with E-state index in [4.69, 9.17) is 18.9 Å². The summed E-state index contributed by atoms with van der Waals surface area (Å²) in [5, 5.41) is 0. The van der Waals surface area contributed by atoms with Crippen LogP contribution in [0, 0.1) is 0 Å². The van der Waals surface area contributed by atoms with Crippen molar-refractivity contribution in [3.05, 3.63) is 83.4 Å². The molecule has 0 unspecified atom stereocenters. The number of hydrogen-bond donors (Lipinski definition) is 0. The number of esters is 1. The monoisotopic (exact) mass is 420 g/mol. The first-order chi connectivity index (χ1) is 14.8. The van der Waals surface area contributed by atoms with E-state index in [0.717, 1.165) is 11.3 Å². The van der Waals surface area contributed by atoms with Crippen LogP contribution in [-0.2, 0) is 12.0 Å².